The fourth-order valence-electron chi connectivity index (χ4n) is 2.63. The highest BCUT2D eigenvalue weighted by atomic mass is 32.2. The molecule has 4 nitrogen and oxygen atoms in total. The van der Waals surface area contributed by atoms with Gasteiger partial charge < -0.3 is 4.42 Å². The van der Waals surface area contributed by atoms with E-state index in [2.05, 4.69) is 6.58 Å². The van der Waals surface area contributed by atoms with Gasteiger partial charge in [-0.15, -0.1) is 0 Å². The first-order valence-corrected chi connectivity index (χ1v) is 8.69. The minimum atomic E-state index is -3.55. The predicted octanol–water partition coefficient (Wildman–Crippen LogP) is 3.75. The van der Waals surface area contributed by atoms with Gasteiger partial charge in [0.05, 0.1) is 6.26 Å². The molecule has 0 aliphatic heterocycles. The number of benzene rings is 1. The molecule has 0 saturated carbocycles. The van der Waals surface area contributed by atoms with Crippen molar-refractivity contribution >= 4 is 10.0 Å². The van der Waals surface area contributed by atoms with Crippen molar-refractivity contribution in [2.45, 2.75) is 32.4 Å². The molecule has 0 spiro atoms. The average molecular weight is 319 g/mol. The summed E-state index contributed by atoms with van der Waals surface area (Å²) < 4.78 is 31.7. The molecule has 1 heterocycles. The molecule has 2 rings (SSSR count). The van der Waals surface area contributed by atoms with Gasteiger partial charge in [-0.2, -0.15) is 4.31 Å². The Morgan fingerprint density at radius 1 is 1.18 bits per heavy atom. The number of furan rings is 1. The van der Waals surface area contributed by atoms with Crippen molar-refractivity contribution in [3.63, 3.8) is 0 Å². The highest BCUT2D eigenvalue weighted by Gasteiger charge is 2.31. The summed E-state index contributed by atoms with van der Waals surface area (Å²) in [6.07, 6.45) is 2.10. The summed E-state index contributed by atoms with van der Waals surface area (Å²) in [5.41, 5.74) is 0.944. The molecule has 0 unspecified atom stereocenters. The highest BCUT2D eigenvalue weighted by Crippen LogP contribution is 2.27. The highest BCUT2D eigenvalue weighted by molar-refractivity contribution is 7.92. The molecule has 0 saturated heterocycles. The fourth-order valence-corrected chi connectivity index (χ4v) is 3.94. The lowest BCUT2D eigenvalue weighted by atomic mass is 10.1. The van der Waals surface area contributed by atoms with Crippen molar-refractivity contribution < 1.29 is 12.8 Å². The van der Waals surface area contributed by atoms with Gasteiger partial charge >= 0.3 is 0 Å². The summed E-state index contributed by atoms with van der Waals surface area (Å²) in [4.78, 5) is 0. The molecule has 22 heavy (non-hydrogen) atoms. The topological polar surface area (TPSA) is 50.5 Å². The van der Waals surface area contributed by atoms with Gasteiger partial charge in [0.15, 0.2) is 0 Å². The first kappa shape index (κ1) is 16.5. The van der Waals surface area contributed by atoms with E-state index in [-0.39, 0.29) is 12.1 Å². The lowest BCUT2D eigenvalue weighted by Gasteiger charge is -2.32. The van der Waals surface area contributed by atoms with Crippen molar-refractivity contribution in [1.29, 1.82) is 0 Å². The van der Waals surface area contributed by atoms with Crippen molar-refractivity contribution in [3.05, 3.63) is 72.0 Å². The second kappa shape index (κ2) is 6.94. The van der Waals surface area contributed by atoms with E-state index in [1.807, 2.05) is 50.2 Å². The summed E-state index contributed by atoms with van der Waals surface area (Å²) in [6.45, 7) is 7.22. The van der Waals surface area contributed by atoms with Gasteiger partial charge in [-0.05, 0) is 31.5 Å². The van der Waals surface area contributed by atoms with E-state index >= 15 is 0 Å². The predicted molar refractivity (Wildman–Crippen MR) is 87.7 cm³/mol. The van der Waals surface area contributed by atoms with Crippen molar-refractivity contribution in [2.24, 2.45) is 0 Å². The fraction of sp³-hybridized carbons (Fsp3) is 0.294. The Labute approximate surface area is 132 Å². The standard InChI is InChI=1S/C17H21NO3S/c1-4-22(19,20)18(14(2)13-17-11-8-12-21-17)15(3)16-9-6-5-7-10-16/h4-12,14-15H,1,13H2,2-3H3/t14-,15+/m1/s1. The SMILES string of the molecule is C=CS(=O)(=O)N([C@H](C)Cc1ccco1)[C@@H](C)c1ccccc1. The quantitative estimate of drug-likeness (QED) is 0.781. The number of hydrogen-bond donors (Lipinski definition) is 0. The van der Waals surface area contributed by atoms with E-state index in [1.165, 1.54) is 4.31 Å². The second-order valence-corrected chi connectivity index (χ2v) is 7.05. The van der Waals surface area contributed by atoms with Crippen LogP contribution in [0.2, 0.25) is 0 Å². The van der Waals surface area contributed by atoms with E-state index in [9.17, 15) is 8.42 Å². The zero-order chi connectivity index (χ0) is 16.2. The van der Waals surface area contributed by atoms with E-state index in [0.29, 0.717) is 6.42 Å². The number of rotatable bonds is 7. The summed E-state index contributed by atoms with van der Waals surface area (Å²) in [6, 6.07) is 12.7. The van der Waals surface area contributed by atoms with E-state index in [1.54, 1.807) is 12.3 Å². The molecule has 118 valence electrons. The Hall–Kier alpha value is -1.85. The molecule has 0 bridgehead atoms. The Bertz CT molecular complexity index is 693. The molecule has 5 heteroatoms. The molecular formula is C17H21NO3S. The van der Waals surface area contributed by atoms with Crippen LogP contribution in [0.4, 0.5) is 0 Å². The van der Waals surface area contributed by atoms with Gasteiger partial charge in [0.2, 0.25) is 10.0 Å². The number of hydrogen-bond acceptors (Lipinski definition) is 3. The maximum atomic E-state index is 12.5. The second-order valence-electron chi connectivity index (χ2n) is 5.26. The Morgan fingerprint density at radius 2 is 1.86 bits per heavy atom. The molecular weight excluding hydrogens is 298 g/mol. The van der Waals surface area contributed by atoms with Crippen LogP contribution in [0.25, 0.3) is 0 Å². The third-order valence-electron chi connectivity index (χ3n) is 3.68. The zero-order valence-corrected chi connectivity index (χ0v) is 13.7. The van der Waals surface area contributed by atoms with Crippen LogP contribution in [0.3, 0.4) is 0 Å². The normalized spacial score (nSPS) is 14.7. The maximum Gasteiger partial charge on any atom is 0.236 e. The van der Waals surface area contributed by atoms with Gasteiger partial charge in [-0.25, -0.2) is 8.42 Å². The van der Waals surface area contributed by atoms with E-state index in [0.717, 1.165) is 16.7 Å². The zero-order valence-electron chi connectivity index (χ0n) is 12.8. The van der Waals surface area contributed by atoms with Gasteiger partial charge in [0.1, 0.15) is 5.76 Å². The van der Waals surface area contributed by atoms with Crippen molar-refractivity contribution in [1.82, 2.24) is 4.31 Å². The van der Waals surface area contributed by atoms with Gasteiger partial charge in [0.25, 0.3) is 0 Å². The molecule has 0 radical (unpaired) electrons. The Morgan fingerprint density at radius 3 is 2.41 bits per heavy atom. The summed E-state index contributed by atoms with van der Waals surface area (Å²) in [5.74, 6) is 0.761. The minimum Gasteiger partial charge on any atom is -0.469 e. The molecule has 1 aromatic heterocycles. The van der Waals surface area contributed by atoms with Gasteiger partial charge in [-0.1, -0.05) is 36.9 Å². The molecule has 0 N–H and O–H groups in total. The van der Waals surface area contributed by atoms with E-state index in [4.69, 9.17) is 4.42 Å². The monoisotopic (exact) mass is 319 g/mol. The average Bonchev–Trinajstić information content (AvgIpc) is 3.00. The summed E-state index contributed by atoms with van der Waals surface area (Å²) in [5, 5.41) is 1.01. The lowest BCUT2D eigenvalue weighted by molar-refractivity contribution is 0.269. The van der Waals surface area contributed by atoms with Crippen LogP contribution in [0.1, 0.15) is 31.2 Å². The number of nitrogens with zero attached hydrogens (tertiary/aromatic N) is 1. The molecule has 2 aromatic rings. The minimum absolute atomic E-state index is 0.246. The van der Waals surface area contributed by atoms with Crippen LogP contribution in [-0.2, 0) is 16.4 Å². The number of sulfonamides is 1. The van der Waals surface area contributed by atoms with Crippen LogP contribution >= 0.6 is 0 Å². The van der Waals surface area contributed by atoms with Gasteiger partial charge in [0, 0.05) is 23.9 Å². The van der Waals surface area contributed by atoms with Crippen LogP contribution in [0.5, 0.6) is 0 Å². The van der Waals surface area contributed by atoms with Crippen LogP contribution in [0, 0.1) is 0 Å². The smallest absolute Gasteiger partial charge is 0.236 e. The first-order chi connectivity index (χ1) is 10.5. The molecule has 0 amide bonds. The van der Waals surface area contributed by atoms with Crippen LogP contribution < -0.4 is 0 Å². The van der Waals surface area contributed by atoms with Crippen LogP contribution in [0.15, 0.2) is 65.1 Å². The van der Waals surface area contributed by atoms with Gasteiger partial charge in [-0.3, -0.25) is 0 Å². The maximum absolute atomic E-state index is 12.5. The lowest BCUT2D eigenvalue weighted by Crippen LogP contribution is -2.40. The molecule has 0 fully saturated rings. The summed E-state index contributed by atoms with van der Waals surface area (Å²) >= 11 is 0. The molecule has 2 atom stereocenters. The largest absolute Gasteiger partial charge is 0.469 e. The van der Waals surface area contributed by atoms with Crippen molar-refractivity contribution in [2.75, 3.05) is 0 Å². The Kier molecular flexibility index (Phi) is 5.21. The van der Waals surface area contributed by atoms with Crippen molar-refractivity contribution in [3.8, 4) is 0 Å². The van der Waals surface area contributed by atoms with E-state index < -0.39 is 10.0 Å². The Balaban J connectivity index is 2.32. The third kappa shape index (κ3) is 3.67. The summed E-state index contributed by atoms with van der Waals surface area (Å²) in [7, 11) is -3.55. The molecule has 1 aromatic carbocycles. The molecule has 0 aliphatic rings. The first-order valence-electron chi connectivity index (χ1n) is 7.19. The third-order valence-corrected chi connectivity index (χ3v) is 5.36. The van der Waals surface area contributed by atoms with Crippen LogP contribution in [-0.4, -0.2) is 18.8 Å². The molecule has 0 aliphatic carbocycles.